The summed E-state index contributed by atoms with van der Waals surface area (Å²) < 4.78 is 14.0. The molecule has 0 amide bonds. The minimum Gasteiger partial charge on any atom is -0.506 e. The molecule has 0 bridgehead atoms. The summed E-state index contributed by atoms with van der Waals surface area (Å²) in [5.41, 5.74) is 4.51. The van der Waals surface area contributed by atoms with Crippen LogP contribution in [-0.4, -0.2) is 33.9 Å². The van der Waals surface area contributed by atoms with Crippen molar-refractivity contribution in [3.8, 4) is 17.2 Å². The minimum absolute atomic E-state index is 0.196. The number of hydrogen-bond acceptors (Lipinski definition) is 7. The number of hydrogen-bond donors (Lipinski definition) is 2. The summed E-state index contributed by atoms with van der Waals surface area (Å²) in [6.07, 6.45) is 1.82. The van der Waals surface area contributed by atoms with E-state index in [9.17, 15) is 5.11 Å². The van der Waals surface area contributed by atoms with Crippen LogP contribution in [0.15, 0.2) is 60.9 Å². The smallest absolute Gasteiger partial charge is 0.188 e. The average Bonchev–Trinajstić information content (AvgIpc) is 3.37. The van der Waals surface area contributed by atoms with E-state index in [0.717, 1.165) is 31.9 Å². The molecule has 0 atom stereocenters. The van der Waals surface area contributed by atoms with Crippen LogP contribution in [0.2, 0.25) is 0 Å². The Hall–Kier alpha value is -3.78. The van der Waals surface area contributed by atoms with E-state index in [1.807, 2.05) is 36.7 Å². The van der Waals surface area contributed by atoms with Gasteiger partial charge in [-0.15, -0.1) is 0 Å². The molecule has 0 unspecified atom stereocenters. The van der Waals surface area contributed by atoms with Crippen molar-refractivity contribution in [3.05, 3.63) is 66.5 Å². The molecule has 0 aliphatic rings. The topological polar surface area (TPSA) is 81.4 Å². The van der Waals surface area contributed by atoms with E-state index < -0.39 is 0 Å². The van der Waals surface area contributed by atoms with Gasteiger partial charge in [0.15, 0.2) is 16.6 Å². The van der Waals surface area contributed by atoms with Gasteiger partial charge < -0.3 is 24.5 Å². The van der Waals surface area contributed by atoms with E-state index in [-0.39, 0.29) is 5.75 Å². The lowest BCUT2D eigenvalue weighted by Crippen LogP contribution is -1.98. The van der Waals surface area contributed by atoms with Crippen LogP contribution in [0.5, 0.6) is 17.2 Å². The van der Waals surface area contributed by atoms with Crippen molar-refractivity contribution >= 4 is 43.4 Å². The Morgan fingerprint density at radius 3 is 2.61 bits per heavy atom. The van der Waals surface area contributed by atoms with Crippen LogP contribution >= 0.6 is 11.3 Å². The van der Waals surface area contributed by atoms with Gasteiger partial charge in [-0.1, -0.05) is 29.5 Å². The highest BCUT2D eigenvalue weighted by Gasteiger charge is 2.12. The van der Waals surface area contributed by atoms with Crippen LogP contribution in [0.3, 0.4) is 0 Å². The van der Waals surface area contributed by atoms with E-state index >= 15 is 0 Å². The first-order chi connectivity index (χ1) is 15.1. The van der Waals surface area contributed by atoms with E-state index in [4.69, 9.17) is 9.47 Å². The monoisotopic (exact) mass is 432 g/mol. The second kappa shape index (κ2) is 7.81. The fraction of sp³-hybridized carbons (Fsp3) is 0.130. The molecule has 0 aliphatic carbocycles. The van der Waals surface area contributed by atoms with Crippen molar-refractivity contribution < 1.29 is 14.6 Å². The largest absolute Gasteiger partial charge is 0.506 e. The molecule has 156 valence electrons. The second-order valence-electron chi connectivity index (χ2n) is 7.03. The highest BCUT2D eigenvalue weighted by Crippen LogP contribution is 2.34. The van der Waals surface area contributed by atoms with E-state index in [0.29, 0.717) is 23.7 Å². The number of benzene rings is 3. The van der Waals surface area contributed by atoms with Crippen LogP contribution in [0, 0.1) is 0 Å². The predicted octanol–water partition coefficient (Wildman–Crippen LogP) is 5.16. The van der Waals surface area contributed by atoms with Crippen LogP contribution in [-0.2, 0) is 6.54 Å². The van der Waals surface area contributed by atoms with Crippen molar-refractivity contribution in [1.29, 1.82) is 0 Å². The quantitative estimate of drug-likeness (QED) is 0.361. The number of para-hydroxylation sites is 2. The summed E-state index contributed by atoms with van der Waals surface area (Å²) in [6.45, 7) is 0.669. The standard InChI is InChI=1S/C23H20N4O3S/c1-29-20-10-17-18(11-21(20)30-2)27(13-24-17)12-14-7-8-16-22(9-14)31-23(26-16)25-15-5-3-4-6-19(15)28/h3-11,13,28H,12H2,1-2H3,(H,25,26). The molecule has 2 heterocycles. The minimum atomic E-state index is 0.196. The number of aromatic nitrogens is 3. The van der Waals surface area contributed by atoms with Gasteiger partial charge >= 0.3 is 0 Å². The van der Waals surface area contributed by atoms with Crippen molar-refractivity contribution in [2.75, 3.05) is 19.5 Å². The van der Waals surface area contributed by atoms with Gasteiger partial charge in [-0.3, -0.25) is 0 Å². The maximum Gasteiger partial charge on any atom is 0.188 e. The average molecular weight is 433 g/mol. The normalized spacial score (nSPS) is 11.2. The van der Waals surface area contributed by atoms with Crippen LogP contribution in [0.1, 0.15) is 5.56 Å². The number of anilines is 2. The number of imidazole rings is 1. The molecule has 0 fully saturated rings. The summed E-state index contributed by atoms with van der Waals surface area (Å²) in [6, 6.07) is 17.2. The molecule has 0 aliphatic heterocycles. The van der Waals surface area contributed by atoms with Gasteiger partial charge in [0.05, 0.1) is 47.5 Å². The summed E-state index contributed by atoms with van der Waals surface area (Å²) in [5.74, 6) is 1.53. The number of phenols is 1. The van der Waals surface area contributed by atoms with E-state index in [2.05, 4.69) is 32.0 Å². The van der Waals surface area contributed by atoms with E-state index in [1.54, 1.807) is 37.7 Å². The number of aromatic hydroxyl groups is 1. The first-order valence-electron chi connectivity index (χ1n) is 9.66. The summed E-state index contributed by atoms with van der Waals surface area (Å²) >= 11 is 1.55. The third-order valence-corrected chi connectivity index (χ3v) is 6.01. The third kappa shape index (κ3) is 3.62. The number of nitrogens with zero attached hydrogens (tertiary/aromatic N) is 3. The number of fused-ring (bicyclic) bond motifs is 2. The lowest BCUT2D eigenvalue weighted by atomic mass is 10.2. The molecule has 5 rings (SSSR count). The van der Waals surface area contributed by atoms with Crippen molar-refractivity contribution in [1.82, 2.24) is 14.5 Å². The zero-order valence-electron chi connectivity index (χ0n) is 17.0. The Kier molecular flexibility index (Phi) is 4.83. The second-order valence-corrected chi connectivity index (χ2v) is 8.06. The molecule has 2 N–H and O–H groups in total. The maximum atomic E-state index is 9.98. The van der Waals surface area contributed by atoms with Crippen molar-refractivity contribution in [2.45, 2.75) is 6.54 Å². The Morgan fingerprint density at radius 2 is 1.81 bits per heavy atom. The SMILES string of the molecule is COc1cc2ncn(Cc3ccc4nc(Nc5ccccc5O)sc4c3)c2cc1OC. The lowest BCUT2D eigenvalue weighted by Gasteiger charge is -2.09. The van der Waals surface area contributed by atoms with Crippen LogP contribution in [0.25, 0.3) is 21.3 Å². The third-order valence-electron chi connectivity index (χ3n) is 5.08. The number of methoxy groups -OCH3 is 2. The van der Waals surface area contributed by atoms with Gasteiger partial charge in [0.2, 0.25) is 0 Å². The number of ether oxygens (including phenoxy) is 2. The van der Waals surface area contributed by atoms with Gasteiger partial charge in [-0.25, -0.2) is 9.97 Å². The predicted molar refractivity (Wildman–Crippen MR) is 123 cm³/mol. The summed E-state index contributed by atoms with van der Waals surface area (Å²) in [7, 11) is 3.25. The maximum absolute atomic E-state index is 9.98. The Labute approximate surface area is 182 Å². The molecule has 0 radical (unpaired) electrons. The zero-order chi connectivity index (χ0) is 21.4. The molecule has 0 saturated carbocycles. The Balaban J connectivity index is 1.44. The first kappa shape index (κ1) is 19.2. The van der Waals surface area contributed by atoms with Crippen LogP contribution < -0.4 is 14.8 Å². The van der Waals surface area contributed by atoms with Gasteiger partial charge in [-0.05, 0) is 29.8 Å². The molecule has 31 heavy (non-hydrogen) atoms. The number of thiazole rings is 1. The summed E-state index contributed by atoms with van der Waals surface area (Å²) in [4.78, 5) is 9.13. The molecule has 3 aromatic carbocycles. The number of phenolic OH excluding ortho intramolecular Hbond substituents is 1. The first-order valence-corrected chi connectivity index (χ1v) is 10.5. The molecule has 5 aromatic rings. The van der Waals surface area contributed by atoms with Gasteiger partial charge in [-0.2, -0.15) is 0 Å². The molecular formula is C23H20N4O3S. The highest BCUT2D eigenvalue weighted by molar-refractivity contribution is 7.22. The molecule has 0 spiro atoms. The molecule has 2 aromatic heterocycles. The zero-order valence-corrected chi connectivity index (χ0v) is 17.8. The Morgan fingerprint density at radius 1 is 1.00 bits per heavy atom. The molecular weight excluding hydrogens is 412 g/mol. The fourth-order valence-electron chi connectivity index (χ4n) is 3.52. The lowest BCUT2D eigenvalue weighted by molar-refractivity contribution is 0.355. The van der Waals surface area contributed by atoms with Gasteiger partial charge in [0.1, 0.15) is 5.75 Å². The summed E-state index contributed by atoms with van der Waals surface area (Å²) in [5, 5.41) is 13.9. The molecule has 7 nitrogen and oxygen atoms in total. The molecule has 8 heteroatoms. The van der Waals surface area contributed by atoms with Crippen LogP contribution in [0.4, 0.5) is 10.8 Å². The van der Waals surface area contributed by atoms with Gasteiger partial charge in [0.25, 0.3) is 0 Å². The number of nitrogens with one attached hydrogen (secondary N) is 1. The Bertz CT molecular complexity index is 1390. The van der Waals surface area contributed by atoms with Gasteiger partial charge in [0, 0.05) is 18.7 Å². The highest BCUT2D eigenvalue weighted by atomic mass is 32.1. The number of rotatable bonds is 6. The van der Waals surface area contributed by atoms with Crippen molar-refractivity contribution in [2.24, 2.45) is 0 Å². The molecule has 0 saturated heterocycles. The van der Waals surface area contributed by atoms with E-state index in [1.165, 1.54) is 0 Å². The van der Waals surface area contributed by atoms with Crippen molar-refractivity contribution in [3.63, 3.8) is 0 Å². The fourth-order valence-corrected chi connectivity index (χ4v) is 4.46.